The zero-order chi connectivity index (χ0) is 13.3. The van der Waals surface area contributed by atoms with Crippen LogP contribution in [0.3, 0.4) is 0 Å². The van der Waals surface area contributed by atoms with E-state index in [-0.39, 0.29) is 0 Å². The van der Waals surface area contributed by atoms with Crippen LogP contribution in [0.2, 0.25) is 0 Å². The number of hydrogen-bond donors (Lipinski definition) is 2. The van der Waals surface area contributed by atoms with E-state index in [1.807, 2.05) is 26.0 Å². The van der Waals surface area contributed by atoms with Crippen LogP contribution in [0, 0.1) is 0 Å². The molecule has 0 aliphatic carbocycles. The van der Waals surface area contributed by atoms with Crippen LogP contribution < -0.4 is 20.1 Å². The van der Waals surface area contributed by atoms with Gasteiger partial charge in [-0.2, -0.15) is 0 Å². The number of anilines is 1. The monoisotopic (exact) mass is 262 g/mol. The molecule has 0 bridgehead atoms. The highest BCUT2D eigenvalue weighted by Gasteiger charge is 2.31. The highest BCUT2D eigenvalue weighted by Crippen LogP contribution is 2.40. The predicted molar refractivity (Wildman–Crippen MR) is 75.9 cm³/mol. The summed E-state index contributed by atoms with van der Waals surface area (Å²) < 4.78 is 11.5. The summed E-state index contributed by atoms with van der Waals surface area (Å²) in [6.45, 7) is 6.08. The Bertz CT molecular complexity index is 451. The van der Waals surface area contributed by atoms with Crippen molar-refractivity contribution in [2.45, 2.75) is 44.9 Å². The molecular weight excluding hydrogens is 240 g/mol. The van der Waals surface area contributed by atoms with Gasteiger partial charge in [0.2, 0.25) is 5.79 Å². The standard InChI is InChI=1S/C15H22N2O2/c1-15(2)18-13-6-5-12(10-14(13)19-15)17-11-4-3-8-16-9-7-11/h5-6,10-11,16-17H,3-4,7-9H2,1-2H3. The average molecular weight is 262 g/mol. The largest absolute Gasteiger partial charge is 0.449 e. The summed E-state index contributed by atoms with van der Waals surface area (Å²) in [5, 5.41) is 7.03. The van der Waals surface area contributed by atoms with Gasteiger partial charge in [0.1, 0.15) is 0 Å². The Morgan fingerprint density at radius 3 is 2.89 bits per heavy atom. The number of hydrogen-bond acceptors (Lipinski definition) is 4. The van der Waals surface area contributed by atoms with Crippen LogP contribution in [-0.4, -0.2) is 24.9 Å². The quantitative estimate of drug-likeness (QED) is 0.860. The minimum Gasteiger partial charge on any atom is -0.449 e. The Morgan fingerprint density at radius 1 is 1.16 bits per heavy atom. The van der Waals surface area contributed by atoms with Crippen molar-refractivity contribution < 1.29 is 9.47 Å². The number of nitrogens with one attached hydrogen (secondary N) is 2. The van der Waals surface area contributed by atoms with Gasteiger partial charge in [-0.25, -0.2) is 0 Å². The van der Waals surface area contributed by atoms with Crippen molar-refractivity contribution in [1.82, 2.24) is 5.32 Å². The summed E-state index contributed by atoms with van der Waals surface area (Å²) in [6, 6.07) is 6.65. The molecule has 4 nitrogen and oxygen atoms in total. The molecule has 0 saturated carbocycles. The normalized spacial score (nSPS) is 24.8. The summed E-state index contributed by atoms with van der Waals surface area (Å²) in [5.74, 6) is 1.12. The van der Waals surface area contributed by atoms with Crippen molar-refractivity contribution in [1.29, 1.82) is 0 Å². The average Bonchev–Trinajstić information content (AvgIpc) is 2.52. The maximum Gasteiger partial charge on any atom is 0.246 e. The number of benzene rings is 1. The SMILES string of the molecule is CC1(C)Oc2ccc(NC3CCCNCC3)cc2O1. The molecule has 104 valence electrons. The zero-order valence-electron chi connectivity index (χ0n) is 11.7. The molecule has 1 atom stereocenters. The van der Waals surface area contributed by atoms with Crippen molar-refractivity contribution in [3.05, 3.63) is 18.2 Å². The lowest BCUT2D eigenvalue weighted by Crippen LogP contribution is -2.29. The van der Waals surface area contributed by atoms with E-state index in [2.05, 4.69) is 16.7 Å². The Hall–Kier alpha value is -1.42. The Morgan fingerprint density at radius 2 is 2.00 bits per heavy atom. The molecule has 1 aromatic carbocycles. The van der Waals surface area contributed by atoms with Gasteiger partial charge < -0.3 is 20.1 Å². The fourth-order valence-corrected chi connectivity index (χ4v) is 2.71. The van der Waals surface area contributed by atoms with E-state index in [4.69, 9.17) is 9.47 Å². The van der Waals surface area contributed by atoms with Crippen LogP contribution >= 0.6 is 0 Å². The number of fused-ring (bicyclic) bond motifs is 1. The van der Waals surface area contributed by atoms with Gasteiger partial charge in [0.15, 0.2) is 11.5 Å². The van der Waals surface area contributed by atoms with E-state index < -0.39 is 5.79 Å². The minimum absolute atomic E-state index is 0.545. The molecule has 0 amide bonds. The van der Waals surface area contributed by atoms with E-state index in [1.165, 1.54) is 19.3 Å². The van der Waals surface area contributed by atoms with Gasteiger partial charge in [-0.3, -0.25) is 0 Å². The van der Waals surface area contributed by atoms with Gasteiger partial charge >= 0.3 is 0 Å². The zero-order valence-corrected chi connectivity index (χ0v) is 11.7. The van der Waals surface area contributed by atoms with Gasteiger partial charge in [-0.05, 0) is 44.5 Å². The third kappa shape index (κ3) is 2.95. The molecule has 0 radical (unpaired) electrons. The molecule has 0 spiro atoms. The van der Waals surface area contributed by atoms with Crippen LogP contribution in [0.25, 0.3) is 0 Å². The van der Waals surface area contributed by atoms with E-state index in [1.54, 1.807) is 0 Å². The van der Waals surface area contributed by atoms with Gasteiger partial charge in [0, 0.05) is 31.6 Å². The van der Waals surface area contributed by atoms with E-state index >= 15 is 0 Å². The van der Waals surface area contributed by atoms with Crippen molar-refractivity contribution in [3.63, 3.8) is 0 Å². The van der Waals surface area contributed by atoms with Gasteiger partial charge in [0.05, 0.1) is 0 Å². The third-order valence-corrected chi connectivity index (χ3v) is 3.60. The molecule has 2 aliphatic rings. The van der Waals surface area contributed by atoms with Crippen LogP contribution in [0.4, 0.5) is 5.69 Å². The molecule has 1 aromatic rings. The van der Waals surface area contributed by atoms with E-state index in [9.17, 15) is 0 Å². The highest BCUT2D eigenvalue weighted by atomic mass is 16.7. The summed E-state index contributed by atoms with van der Waals surface area (Å²) in [4.78, 5) is 0. The second kappa shape index (κ2) is 4.93. The highest BCUT2D eigenvalue weighted by molar-refractivity contribution is 5.56. The van der Waals surface area contributed by atoms with Crippen LogP contribution in [0.1, 0.15) is 33.1 Å². The van der Waals surface area contributed by atoms with Crippen LogP contribution in [0.5, 0.6) is 11.5 Å². The first-order valence-corrected chi connectivity index (χ1v) is 7.12. The summed E-state index contributed by atoms with van der Waals surface area (Å²) in [6.07, 6.45) is 3.61. The Balaban J connectivity index is 1.69. The van der Waals surface area contributed by atoms with Crippen molar-refractivity contribution in [3.8, 4) is 11.5 Å². The van der Waals surface area contributed by atoms with Gasteiger partial charge in [-0.1, -0.05) is 0 Å². The smallest absolute Gasteiger partial charge is 0.246 e. The van der Waals surface area contributed by atoms with Crippen LogP contribution in [-0.2, 0) is 0 Å². The lowest BCUT2D eigenvalue weighted by atomic mass is 10.1. The first-order valence-electron chi connectivity index (χ1n) is 7.12. The molecule has 1 saturated heterocycles. The topological polar surface area (TPSA) is 42.5 Å². The molecule has 2 N–H and O–H groups in total. The molecule has 2 heterocycles. The van der Waals surface area contributed by atoms with Crippen molar-refractivity contribution in [2.75, 3.05) is 18.4 Å². The molecular formula is C15H22N2O2. The first kappa shape index (κ1) is 12.6. The fourth-order valence-electron chi connectivity index (χ4n) is 2.71. The molecule has 19 heavy (non-hydrogen) atoms. The van der Waals surface area contributed by atoms with Crippen molar-refractivity contribution in [2.24, 2.45) is 0 Å². The maximum atomic E-state index is 5.77. The second-order valence-electron chi connectivity index (χ2n) is 5.79. The molecule has 0 aromatic heterocycles. The molecule has 2 aliphatic heterocycles. The summed E-state index contributed by atoms with van der Waals surface area (Å²) >= 11 is 0. The third-order valence-electron chi connectivity index (χ3n) is 3.60. The minimum atomic E-state index is -0.548. The fraction of sp³-hybridized carbons (Fsp3) is 0.600. The van der Waals surface area contributed by atoms with Gasteiger partial charge in [-0.15, -0.1) is 0 Å². The summed E-state index contributed by atoms with van der Waals surface area (Å²) in [7, 11) is 0. The van der Waals surface area contributed by atoms with E-state index in [0.29, 0.717) is 6.04 Å². The van der Waals surface area contributed by atoms with Crippen molar-refractivity contribution >= 4 is 5.69 Å². The molecule has 1 fully saturated rings. The molecule has 4 heteroatoms. The lowest BCUT2D eigenvalue weighted by molar-refractivity contribution is -0.0431. The lowest BCUT2D eigenvalue weighted by Gasteiger charge is -2.17. The number of rotatable bonds is 2. The number of ether oxygens (including phenoxy) is 2. The second-order valence-corrected chi connectivity index (χ2v) is 5.79. The Labute approximate surface area is 114 Å². The Kier molecular flexibility index (Phi) is 3.27. The maximum absolute atomic E-state index is 5.77. The first-order chi connectivity index (χ1) is 9.12. The predicted octanol–water partition coefficient (Wildman–Crippen LogP) is 2.75. The van der Waals surface area contributed by atoms with E-state index in [0.717, 1.165) is 30.3 Å². The summed E-state index contributed by atoms with van der Waals surface area (Å²) in [5.41, 5.74) is 1.12. The molecule has 1 unspecified atom stereocenters. The molecule has 3 rings (SSSR count). The van der Waals surface area contributed by atoms with Gasteiger partial charge in [0.25, 0.3) is 0 Å². The van der Waals surface area contributed by atoms with Crippen LogP contribution in [0.15, 0.2) is 18.2 Å².